The Labute approximate surface area is 160 Å². The third-order valence-corrected chi connectivity index (χ3v) is 4.24. The molecule has 1 aliphatic rings. The molecule has 1 radical (unpaired) electrons. The van der Waals surface area contributed by atoms with Gasteiger partial charge in [-0.15, -0.1) is 9.35 Å². The number of fused-ring (bicyclic) bond motifs is 1. The average molecular weight is 427 g/mol. The van der Waals surface area contributed by atoms with Crippen LogP contribution in [-0.2, 0) is 47.1 Å². The van der Waals surface area contributed by atoms with Crippen LogP contribution in [0.4, 0.5) is 8.78 Å². The molecule has 121 valence electrons. The Morgan fingerprint density at radius 3 is 2.33 bits per heavy atom. The molecule has 0 unspecified atom stereocenters. The monoisotopic (exact) mass is 427 g/mol. The van der Waals surface area contributed by atoms with E-state index in [0.29, 0.717) is 18.2 Å². The van der Waals surface area contributed by atoms with Crippen LogP contribution in [0.25, 0.3) is 0 Å². The molecule has 3 rings (SSSR count). The Morgan fingerprint density at radius 2 is 1.71 bits per heavy atom. The van der Waals surface area contributed by atoms with Crippen LogP contribution in [-0.4, -0.2) is 25.3 Å². The molecule has 6 nitrogen and oxygen atoms in total. The number of hydrogen-bond acceptors (Lipinski definition) is 5. The number of hydroxylamine groups is 2. The van der Waals surface area contributed by atoms with E-state index < -0.39 is 38.5 Å². The standard InChI is InChI=1S/C14H6F2NO5S.Y/c15-8-5-6-12(11(16)7-8)23(20,21)22-17-13(18)9-3-1-2-4-10(9)14(17)19;/h1,3-7H;/q-1;. The van der Waals surface area contributed by atoms with Crippen molar-refractivity contribution in [2.24, 2.45) is 0 Å². The van der Waals surface area contributed by atoms with Crippen molar-refractivity contribution in [2.45, 2.75) is 4.90 Å². The van der Waals surface area contributed by atoms with Crippen molar-refractivity contribution in [1.82, 2.24) is 5.06 Å². The second-order valence-electron chi connectivity index (χ2n) is 4.48. The van der Waals surface area contributed by atoms with E-state index in [-0.39, 0.29) is 48.9 Å². The van der Waals surface area contributed by atoms with Crippen molar-refractivity contribution >= 4 is 21.9 Å². The molecular weight excluding hydrogens is 421 g/mol. The van der Waals surface area contributed by atoms with Gasteiger partial charge in [-0.3, -0.25) is 9.59 Å². The fourth-order valence-corrected chi connectivity index (χ4v) is 2.93. The summed E-state index contributed by atoms with van der Waals surface area (Å²) in [6.07, 6.45) is 0. The summed E-state index contributed by atoms with van der Waals surface area (Å²) in [7, 11) is -4.84. The number of hydrogen-bond donors (Lipinski definition) is 0. The Morgan fingerprint density at radius 1 is 1.04 bits per heavy atom. The van der Waals surface area contributed by atoms with Gasteiger partial charge in [0.05, 0.1) is 0 Å². The van der Waals surface area contributed by atoms with Gasteiger partial charge < -0.3 is 0 Å². The zero-order chi connectivity index (χ0) is 16.8. The summed E-state index contributed by atoms with van der Waals surface area (Å²) >= 11 is 0. The third-order valence-electron chi connectivity index (χ3n) is 3.03. The fourth-order valence-electron chi connectivity index (χ4n) is 1.99. The predicted molar refractivity (Wildman–Crippen MR) is 70.4 cm³/mol. The number of nitrogens with zero attached hydrogens (tertiary/aromatic N) is 1. The van der Waals surface area contributed by atoms with Crippen molar-refractivity contribution in [3.05, 3.63) is 65.2 Å². The molecule has 1 aliphatic heterocycles. The molecule has 0 atom stereocenters. The molecule has 0 saturated heterocycles. The Hall–Kier alpha value is -1.55. The Kier molecular flexibility index (Phi) is 5.29. The summed E-state index contributed by atoms with van der Waals surface area (Å²) in [6, 6.07) is 8.07. The van der Waals surface area contributed by atoms with Gasteiger partial charge in [0.1, 0.15) is 16.5 Å². The molecule has 2 aromatic carbocycles. The second kappa shape index (κ2) is 6.75. The van der Waals surface area contributed by atoms with Crippen molar-refractivity contribution in [3.8, 4) is 0 Å². The largest absolute Gasteiger partial charge is 0.321 e. The van der Waals surface area contributed by atoms with Gasteiger partial charge in [-0.2, -0.15) is 32.7 Å². The molecule has 0 spiro atoms. The molecule has 0 fully saturated rings. The summed E-state index contributed by atoms with van der Waals surface area (Å²) in [5.74, 6) is -4.43. The summed E-state index contributed by atoms with van der Waals surface area (Å²) in [5.41, 5.74) is -0.157. The number of carbonyl (C=O) groups excluding carboxylic acids is 2. The minimum atomic E-state index is -4.84. The number of carbonyl (C=O) groups is 2. The maximum atomic E-state index is 13.6. The van der Waals surface area contributed by atoms with E-state index in [1.807, 2.05) is 0 Å². The molecule has 0 N–H and O–H groups in total. The maximum absolute atomic E-state index is 13.6. The topological polar surface area (TPSA) is 80.8 Å². The van der Waals surface area contributed by atoms with Gasteiger partial charge in [0, 0.05) is 38.8 Å². The average Bonchev–Trinajstić information content (AvgIpc) is 2.72. The van der Waals surface area contributed by atoms with E-state index in [9.17, 15) is 26.8 Å². The quantitative estimate of drug-likeness (QED) is 0.550. The first-order valence-electron chi connectivity index (χ1n) is 6.10. The zero-order valence-electron chi connectivity index (χ0n) is 11.7. The molecule has 2 amide bonds. The second-order valence-corrected chi connectivity index (χ2v) is 5.98. The number of benzene rings is 2. The number of rotatable bonds is 3. The molecule has 0 aliphatic carbocycles. The first kappa shape index (κ1) is 18.8. The summed E-state index contributed by atoms with van der Waals surface area (Å²) in [6.45, 7) is 0. The van der Waals surface area contributed by atoms with Crippen molar-refractivity contribution < 1.29 is 63.8 Å². The molecule has 24 heavy (non-hydrogen) atoms. The van der Waals surface area contributed by atoms with Crippen LogP contribution in [0.15, 0.2) is 41.3 Å². The normalized spacial score (nSPS) is 13.7. The van der Waals surface area contributed by atoms with Crippen LogP contribution in [0.5, 0.6) is 0 Å². The van der Waals surface area contributed by atoms with Crippen molar-refractivity contribution in [1.29, 1.82) is 0 Å². The van der Waals surface area contributed by atoms with Crippen molar-refractivity contribution in [3.63, 3.8) is 0 Å². The maximum Gasteiger partial charge on any atom is 0.321 e. The SMILES string of the molecule is O=C1c2c[c-]ccc2C(=O)N1OS(=O)(=O)c1ccc(F)cc1F.[Y]. The number of amides is 2. The zero-order valence-corrected chi connectivity index (χ0v) is 15.3. The Balaban J connectivity index is 0.00000208. The van der Waals surface area contributed by atoms with E-state index in [0.717, 1.165) is 0 Å². The smallest absolute Gasteiger partial charge is 0.281 e. The van der Waals surface area contributed by atoms with Crippen LogP contribution < -0.4 is 0 Å². The van der Waals surface area contributed by atoms with Gasteiger partial charge in [0.25, 0.3) is 5.91 Å². The number of halogens is 2. The van der Waals surface area contributed by atoms with Crippen molar-refractivity contribution in [2.75, 3.05) is 0 Å². The van der Waals surface area contributed by atoms with Crippen LogP contribution >= 0.6 is 0 Å². The molecule has 10 heteroatoms. The van der Waals surface area contributed by atoms with E-state index in [2.05, 4.69) is 10.4 Å². The molecule has 1 heterocycles. The van der Waals surface area contributed by atoms with Gasteiger partial charge in [-0.1, -0.05) is 11.1 Å². The van der Waals surface area contributed by atoms with E-state index in [1.165, 1.54) is 18.2 Å². The minimum absolute atomic E-state index is 0. The molecule has 2 aromatic rings. The van der Waals surface area contributed by atoms with E-state index in [1.54, 1.807) is 0 Å². The van der Waals surface area contributed by atoms with Gasteiger partial charge in [-0.25, -0.2) is 8.78 Å². The van der Waals surface area contributed by atoms with Crippen LogP contribution in [0.2, 0.25) is 0 Å². The van der Waals surface area contributed by atoms with E-state index in [4.69, 9.17) is 0 Å². The van der Waals surface area contributed by atoms with Gasteiger partial charge in [-0.05, 0) is 12.1 Å². The predicted octanol–water partition coefficient (Wildman–Crippen LogP) is 1.68. The fraction of sp³-hybridized carbons (Fsp3) is 0. The molecule has 0 aromatic heterocycles. The summed E-state index contributed by atoms with van der Waals surface area (Å²) in [5, 5.41) is 0.0106. The molecule has 0 bridgehead atoms. The van der Waals surface area contributed by atoms with Crippen LogP contribution in [0, 0.1) is 17.7 Å². The first-order chi connectivity index (χ1) is 10.8. The summed E-state index contributed by atoms with van der Waals surface area (Å²) < 4.78 is 54.9. The van der Waals surface area contributed by atoms with E-state index >= 15 is 0 Å². The molecule has 0 saturated carbocycles. The van der Waals surface area contributed by atoms with Gasteiger partial charge >= 0.3 is 10.1 Å². The third kappa shape index (κ3) is 3.17. The van der Waals surface area contributed by atoms with Gasteiger partial charge in [0.2, 0.25) is 5.91 Å². The van der Waals surface area contributed by atoms with Crippen LogP contribution in [0.1, 0.15) is 20.7 Å². The molecular formula is C14H6F2NO5SY-. The van der Waals surface area contributed by atoms with Gasteiger partial charge in [0.15, 0.2) is 0 Å². The minimum Gasteiger partial charge on any atom is -0.281 e. The Bertz CT molecular complexity index is 913. The number of imide groups is 1. The first-order valence-corrected chi connectivity index (χ1v) is 7.50. The summed E-state index contributed by atoms with van der Waals surface area (Å²) in [4.78, 5) is 23.0. The van der Waals surface area contributed by atoms with Crippen LogP contribution in [0.3, 0.4) is 0 Å².